The highest BCUT2D eigenvalue weighted by molar-refractivity contribution is 8.00. The third-order valence-corrected chi connectivity index (χ3v) is 7.38. The van der Waals surface area contributed by atoms with Crippen molar-refractivity contribution in [2.75, 3.05) is 38.0 Å². The molecule has 194 valence electrons. The van der Waals surface area contributed by atoms with Gasteiger partial charge in [0.25, 0.3) is 11.8 Å². The van der Waals surface area contributed by atoms with Crippen LogP contribution in [0.1, 0.15) is 27.1 Å². The molecule has 1 aliphatic rings. The van der Waals surface area contributed by atoms with Gasteiger partial charge in [0.15, 0.2) is 11.6 Å². The lowest BCUT2D eigenvalue weighted by Gasteiger charge is -2.23. The van der Waals surface area contributed by atoms with Crippen LogP contribution in [0.2, 0.25) is 0 Å². The second kappa shape index (κ2) is 11.5. The molecule has 0 radical (unpaired) electrons. The molecule has 0 saturated carbocycles. The summed E-state index contributed by atoms with van der Waals surface area (Å²) in [5, 5.41) is 1.08. The van der Waals surface area contributed by atoms with Gasteiger partial charge >= 0.3 is 0 Å². The summed E-state index contributed by atoms with van der Waals surface area (Å²) in [5.41, 5.74) is 2.35. The van der Waals surface area contributed by atoms with E-state index in [-0.39, 0.29) is 17.2 Å². The van der Waals surface area contributed by atoms with E-state index in [9.17, 15) is 14.0 Å². The lowest BCUT2D eigenvalue weighted by molar-refractivity contribution is 0.0716. The molecule has 1 fully saturated rings. The van der Waals surface area contributed by atoms with E-state index in [1.54, 1.807) is 34.2 Å². The monoisotopic (exact) mass is 530 g/mol. The molecule has 0 spiro atoms. The van der Waals surface area contributed by atoms with Crippen molar-refractivity contribution in [1.29, 1.82) is 0 Å². The Hall–Kier alpha value is -4.11. The minimum absolute atomic E-state index is 0.0237. The summed E-state index contributed by atoms with van der Waals surface area (Å²) in [7, 11) is 1.37. The van der Waals surface area contributed by atoms with E-state index in [1.807, 2.05) is 42.5 Å². The van der Waals surface area contributed by atoms with Crippen molar-refractivity contribution in [2.45, 2.75) is 11.3 Å². The van der Waals surface area contributed by atoms with Crippen LogP contribution in [0.25, 0.3) is 10.9 Å². The van der Waals surface area contributed by atoms with Crippen LogP contribution in [0.4, 0.5) is 10.1 Å². The zero-order chi connectivity index (χ0) is 26.5. The molecule has 1 aliphatic heterocycles. The smallest absolute Gasteiger partial charge is 0.257 e. The third kappa shape index (κ3) is 5.43. The number of nitrogens with one attached hydrogen (secondary N) is 1. The quantitative estimate of drug-likeness (QED) is 0.332. The number of hydrogen-bond acceptors (Lipinski definition) is 6. The average molecular weight is 531 g/mol. The Morgan fingerprint density at radius 2 is 1.61 bits per heavy atom. The summed E-state index contributed by atoms with van der Waals surface area (Å²) in [6.45, 7) is 1.67. The van der Waals surface area contributed by atoms with Gasteiger partial charge in [0, 0.05) is 49.0 Å². The molecule has 9 heteroatoms. The van der Waals surface area contributed by atoms with Gasteiger partial charge < -0.3 is 19.3 Å². The molecule has 5 rings (SSSR count). The Morgan fingerprint density at radius 1 is 0.895 bits per heavy atom. The Morgan fingerprint density at radius 3 is 2.37 bits per heavy atom. The Kier molecular flexibility index (Phi) is 7.74. The number of halogens is 1. The van der Waals surface area contributed by atoms with Crippen LogP contribution in [0.15, 0.2) is 83.9 Å². The lowest BCUT2D eigenvalue weighted by Crippen LogP contribution is -2.37. The van der Waals surface area contributed by atoms with E-state index in [0.717, 1.165) is 21.5 Å². The van der Waals surface area contributed by atoms with Gasteiger partial charge in [0.1, 0.15) is 0 Å². The lowest BCUT2D eigenvalue weighted by atomic mass is 10.1. The van der Waals surface area contributed by atoms with Gasteiger partial charge in [-0.1, -0.05) is 24.3 Å². The predicted octanol–water partition coefficient (Wildman–Crippen LogP) is 5.49. The topological polar surface area (TPSA) is 74.8 Å². The van der Waals surface area contributed by atoms with Crippen LogP contribution in [-0.2, 0) is 0 Å². The number of aromatic nitrogens is 1. The predicted molar refractivity (Wildman–Crippen MR) is 147 cm³/mol. The largest absolute Gasteiger partial charge is 0.494 e. The maximum atomic E-state index is 14.6. The van der Waals surface area contributed by atoms with E-state index in [0.29, 0.717) is 38.2 Å². The molecule has 0 unspecified atom stereocenters. The highest BCUT2D eigenvalue weighted by Gasteiger charge is 2.26. The second-order valence-corrected chi connectivity index (χ2v) is 9.72. The van der Waals surface area contributed by atoms with Crippen molar-refractivity contribution in [3.05, 3.63) is 95.9 Å². The molecule has 1 N–H and O–H groups in total. The number of pyridine rings is 1. The summed E-state index contributed by atoms with van der Waals surface area (Å²) in [4.78, 5) is 35.0. The molecule has 1 saturated heterocycles. The number of anilines is 1. The van der Waals surface area contributed by atoms with Gasteiger partial charge in [-0.3, -0.25) is 14.6 Å². The number of rotatable bonds is 6. The van der Waals surface area contributed by atoms with E-state index >= 15 is 0 Å². The molecule has 1 aromatic heterocycles. The number of benzene rings is 3. The standard InChI is InChI=1S/C29H27FN4O3S/c1-37-24-9-3-8-23(26(24)30)29(36)34-17-5-16-33(18-19-34)28(35)21-11-13-22(14-12-21)32-38-25-10-2-6-20-7-4-15-31-27(20)25/h2-4,6-15,32H,5,16-19H2,1H3. The zero-order valence-electron chi connectivity index (χ0n) is 20.9. The van der Waals surface area contributed by atoms with Crippen molar-refractivity contribution in [3.63, 3.8) is 0 Å². The summed E-state index contributed by atoms with van der Waals surface area (Å²) in [6, 6.07) is 21.9. The molecule has 0 atom stereocenters. The number of para-hydroxylation sites is 1. The van der Waals surface area contributed by atoms with Crippen molar-refractivity contribution < 1.29 is 18.7 Å². The molecule has 4 aromatic rings. The number of amides is 2. The summed E-state index contributed by atoms with van der Waals surface area (Å²) in [5.74, 6) is -1.12. The highest BCUT2D eigenvalue weighted by Crippen LogP contribution is 2.28. The molecule has 7 nitrogen and oxygen atoms in total. The first-order valence-corrected chi connectivity index (χ1v) is 13.1. The number of carbonyl (C=O) groups excluding carboxylic acids is 2. The first-order chi connectivity index (χ1) is 18.5. The molecular weight excluding hydrogens is 503 g/mol. The van der Waals surface area contributed by atoms with Gasteiger partial charge in [-0.05, 0) is 66.9 Å². The molecular formula is C29H27FN4O3S. The van der Waals surface area contributed by atoms with Gasteiger partial charge in [0.2, 0.25) is 0 Å². The fourth-order valence-electron chi connectivity index (χ4n) is 4.46. The number of hydrogen-bond donors (Lipinski definition) is 1. The number of carbonyl (C=O) groups is 2. The molecule has 0 aliphatic carbocycles. The van der Waals surface area contributed by atoms with Gasteiger partial charge in [0.05, 0.1) is 23.1 Å². The van der Waals surface area contributed by atoms with Crippen molar-refractivity contribution >= 4 is 40.4 Å². The minimum Gasteiger partial charge on any atom is -0.494 e. The van der Waals surface area contributed by atoms with Crippen LogP contribution >= 0.6 is 11.9 Å². The number of fused-ring (bicyclic) bond motifs is 1. The van der Waals surface area contributed by atoms with E-state index < -0.39 is 11.7 Å². The maximum absolute atomic E-state index is 14.6. The fourth-order valence-corrected chi connectivity index (χ4v) is 5.24. The van der Waals surface area contributed by atoms with Gasteiger partial charge in [-0.15, -0.1) is 0 Å². The Bertz CT molecular complexity index is 1460. The van der Waals surface area contributed by atoms with E-state index in [1.165, 1.54) is 31.2 Å². The van der Waals surface area contributed by atoms with Crippen LogP contribution < -0.4 is 9.46 Å². The molecule has 2 amide bonds. The number of nitrogens with zero attached hydrogens (tertiary/aromatic N) is 3. The SMILES string of the molecule is COc1cccc(C(=O)N2CCCN(C(=O)c3ccc(NSc4cccc5cccnc45)cc3)CC2)c1F. The summed E-state index contributed by atoms with van der Waals surface area (Å²) in [6.07, 6.45) is 2.39. The van der Waals surface area contributed by atoms with Crippen molar-refractivity contribution in [2.24, 2.45) is 0 Å². The fraction of sp³-hybridized carbons (Fsp3) is 0.207. The normalized spacial score (nSPS) is 13.7. The Balaban J connectivity index is 1.20. The van der Waals surface area contributed by atoms with Gasteiger partial charge in [-0.2, -0.15) is 0 Å². The van der Waals surface area contributed by atoms with Crippen LogP contribution in [-0.4, -0.2) is 59.9 Å². The van der Waals surface area contributed by atoms with Crippen molar-refractivity contribution in [3.8, 4) is 5.75 Å². The van der Waals surface area contributed by atoms with Gasteiger partial charge in [-0.25, -0.2) is 4.39 Å². The number of ether oxygens (including phenoxy) is 1. The molecule has 0 bridgehead atoms. The first-order valence-electron chi connectivity index (χ1n) is 12.3. The summed E-state index contributed by atoms with van der Waals surface area (Å²) >= 11 is 1.47. The minimum atomic E-state index is -0.666. The first kappa shape index (κ1) is 25.5. The zero-order valence-corrected chi connectivity index (χ0v) is 21.7. The van der Waals surface area contributed by atoms with Crippen LogP contribution in [0, 0.1) is 5.82 Å². The summed E-state index contributed by atoms with van der Waals surface area (Å²) < 4.78 is 22.9. The average Bonchev–Trinajstić information content (AvgIpc) is 3.22. The molecule has 2 heterocycles. The molecule has 38 heavy (non-hydrogen) atoms. The van der Waals surface area contributed by atoms with E-state index in [2.05, 4.69) is 9.71 Å². The highest BCUT2D eigenvalue weighted by atomic mass is 32.2. The number of methoxy groups -OCH3 is 1. The third-order valence-electron chi connectivity index (χ3n) is 6.49. The second-order valence-electron chi connectivity index (χ2n) is 8.87. The molecule has 3 aromatic carbocycles. The Labute approximate surface area is 224 Å². The maximum Gasteiger partial charge on any atom is 0.257 e. The van der Waals surface area contributed by atoms with E-state index in [4.69, 9.17) is 4.74 Å². The van der Waals surface area contributed by atoms with Crippen LogP contribution in [0.3, 0.4) is 0 Å². The van der Waals surface area contributed by atoms with Crippen molar-refractivity contribution in [1.82, 2.24) is 14.8 Å². The van der Waals surface area contributed by atoms with Crippen LogP contribution in [0.5, 0.6) is 5.75 Å².